The largest absolute Gasteiger partial charge is 0.393 e. The highest BCUT2D eigenvalue weighted by Crippen LogP contribution is 2.76. The van der Waals surface area contributed by atoms with Gasteiger partial charge in [0.1, 0.15) is 0 Å². The maximum Gasteiger partial charge on any atom is 0.0987 e. The van der Waals surface area contributed by atoms with Gasteiger partial charge in [-0.2, -0.15) is 0 Å². The molecule has 3 nitrogen and oxygen atoms in total. The van der Waals surface area contributed by atoms with Crippen LogP contribution in [0.2, 0.25) is 0 Å². The lowest BCUT2D eigenvalue weighted by Crippen LogP contribution is -2.59. The van der Waals surface area contributed by atoms with E-state index in [4.69, 9.17) is 4.74 Å². The number of ether oxygens (including phenoxy) is 1. The molecule has 6 rings (SSSR count). The van der Waals surface area contributed by atoms with Crippen LogP contribution >= 0.6 is 0 Å². The summed E-state index contributed by atoms with van der Waals surface area (Å²) in [4.78, 5) is 0. The molecule has 0 aromatic carbocycles. The summed E-state index contributed by atoms with van der Waals surface area (Å²) in [5.74, 6) is 2.53. The van der Waals surface area contributed by atoms with Crippen LogP contribution in [0, 0.1) is 50.7 Å². The summed E-state index contributed by atoms with van der Waals surface area (Å²) in [7, 11) is 0. The van der Waals surface area contributed by atoms with E-state index >= 15 is 0 Å². The maximum absolute atomic E-state index is 10.9. The van der Waals surface area contributed by atoms with E-state index in [0.717, 1.165) is 31.6 Å². The number of rotatable bonds is 0. The minimum absolute atomic E-state index is 0.0188. The molecule has 1 saturated heterocycles. The Bertz CT molecular complexity index is 816. The molecule has 188 valence electrons. The number of aliphatic hydroxyl groups is 2. The van der Waals surface area contributed by atoms with Gasteiger partial charge in [0.15, 0.2) is 0 Å². The fraction of sp³-hybridized carbons (Fsp3) is 1.00. The first-order chi connectivity index (χ1) is 15.2. The second-order valence-electron chi connectivity index (χ2n) is 15.7. The molecule has 0 radical (unpaired) electrons. The van der Waals surface area contributed by atoms with Crippen LogP contribution in [0.1, 0.15) is 113 Å². The molecule has 1 aliphatic heterocycles. The highest BCUT2D eigenvalue weighted by Gasteiger charge is 2.76. The topological polar surface area (TPSA) is 53.0 Å². The average molecular weight is 459 g/mol. The monoisotopic (exact) mass is 458 g/mol. The summed E-state index contributed by atoms with van der Waals surface area (Å²) in [5.41, 5.74) is 1.05. The highest BCUT2D eigenvalue weighted by molar-refractivity contribution is 5.24. The van der Waals surface area contributed by atoms with Gasteiger partial charge in [-0.3, -0.25) is 0 Å². The fourth-order valence-electron chi connectivity index (χ4n) is 12.0. The predicted molar refractivity (Wildman–Crippen MR) is 132 cm³/mol. The molecule has 6 aliphatic rings. The Morgan fingerprint density at radius 1 is 0.606 bits per heavy atom. The first-order valence-electron chi connectivity index (χ1n) is 14.3. The first kappa shape index (κ1) is 23.3. The summed E-state index contributed by atoms with van der Waals surface area (Å²) < 4.78 is 6.85. The molecule has 0 aromatic heterocycles. The average Bonchev–Trinajstić information content (AvgIpc) is 3.43. The molecule has 0 amide bonds. The molecule has 6 fully saturated rings. The van der Waals surface area contributed by atoms with E-state index in [9.17, 15) is 10.2 Å². The summed E-state index contributed by atoms with van der Waals surface area (Å²) in [6, 6.07) is 0. The second-order valence-corrected chi connectivity index (χ2v) is 15.7. The van der Waals surface area contributed by atoms with Crippen LogP contribution in [-0.2, 0) is 4.74 Å². The molecular weight excluding hydrogens is 408 g/mol. The van der Waals surface area contributed by atoms with Gasteiger partial charge in [0, 0.05) is 0 Å². The Morgan fingerprint density at radius 3 is 1.79 bits per heavy atom. The van der Waals surface area contributed by atoms with Crippen molar-refractivity contribution in [1.82, 2.24) is 0 Å². The van der Waals surface area contributed by atoms with Crippen molar-refractivity contribution in [2.75, 3.05) is 0 Å². The third kappa shape index (κ3) is 2.74. The van der Waals surface area contributed by atoms with Crippen LogP contribution < -0.4 is 0 Å². The van der Waals surface area contributed by atoms with E-state index in [1.54, 1.807) is 0 Å². The molecular formula is C30H50O3. The number of hydrogen-bond donors (Lipinski definition) is 2. The Balaban J connectivity index is 1.38. The quantitative estimate of drug-likeness (QED) is 0.416. The zero-order valence-corrected chi connectivity index (χ0v) is 22.4. The first-order valence-corrected chi connectivity index (χ1v) is 14.3. The van der Waals surface area contributed by atoms with Crippen molar-refractivity contribution in [3.05, 3.63) is 0 Å². The van der Waals surface area contributed by atoms with Crippen molar-refractivity contribution >= 4 is 0 Å². The van der Waals surface area contributed by atoms with E-state index in [-0.39, 0.29) is 34.1 Å². The van der Waals surface area contributed by atoms with E-state index in [2.05, 4.69) is 48.5 Å². The van der Waals surface area contributed by atoms with Gasteiger partial charge in [-0.1, -0.05) is 48.5 Å². The summed E-state index contributed by atoms with van der Waals surface area (Å²) in [5, 5.41) is 21.8. The van der Waals surface area contributed by atoms with Crippen molar-refractivity contribution in [2.24, 2.45) is 50.7 Å². The molecule has 3 heteroatoms. The molecule has 2 N–H and O–H groups in total. The summed E-state index contributed by atoms with van der Waals surface area (Å²) >= 11 is 0. The van der Waals surface area contributed by atoms with Crippen LogP contribution in [0.5, 0.6) is 0 Å². The maximum atomic E-state index is 10.9. The zero-order chi connectivity index (χ0) is 23.8. The van der Waals surface area contributed by atoms with E-state index in [1.165, 1.54) is 38.5 Å². The standard InChI is InChI=1S/C30H50O3/c1-25(2)18-10-13-27(5)17-30-20(9-8-19(27)28(18,6)14-11-22(25)31)29(7)15-12-23(32)26(3,4)21(29)16-24(30)33-30/h18-24,31-32H,8-17H2,1-7H3/t18-,19+,20+,21+,22+,23-,24-,27+,28+,29-,30-/m1/s1. The lowest BCUT2D eigenvalue weighted by Gasteiger charge is -2.63. The molecule has 0 aromatic rings. The lowest BCUT2D eigenvalue weighted by molar-refractivity contribution is -0.173. The van der Waals surface area contributed by atoms with Gasteiger partial charge >= 0.3 is 0 Å². The molecule has 11 atom stereocenters. The summed E-state index contributed by atoms with van der Waals surface area (Å²) in [6.45, 7) is 17.2. The van der Waals surface area contributed by atoms with Crippen molar-refractivity contribution < 1.29 is 14.9 Å². The van der Waals surface area contributed by atoms with E-state index < -0.39 is 0 Å². The molecule has 5 aliphatic carbocycles. The predicted octanol–water partition coefficient (Wildman–Crippen LogP) is 6.35. The molecule has 1 spiro atoms. The Labute approximate surface area is 202 Å². The molecule has 5 saturated carbocycles. The van der Waals surface area contributed by atoms with Gasteiger partial charge in [0.25, 0.3) is 0 Å². The fourth-order valence-corrected chi connectivity index (χ4v) is 12.0. The van der Waals surface area contributed by atoms with Crippen LogP contribution in [0.4, 0.5) is 0 Å². The van der Waals surface area contributed by atoms with Crippen molar-refractivity contribution in [3.63, 3.8) is 0 Å². The minimum atomic E-state index is -0.178. The van der Waals surface area contributed by atoms with E-state index in [1.807, 2.05) is 0 Å². The molecule has 1 heterocycles. The van der Waals surface area contributed by atoms with Crippen molar-refractivity contribution in [1.29, 1.82) is 0 Å². The van der Waals surface area contributed by atoms with Gasteiger partial charge in [-0.15, -0.1) is 0 Å². The van der Waals surface area contributed by atoms with Crippen LogP contribution in [-0.4, -0.2) is 34.1 Å². The molecule has 0 unspecified atom stereocenters. The Morgan fingerprint density at radius 2 is 1.15 bits per heavy atom. The van der Waals surface area contributed by atoms with Gasteiger partial charge in [-0.25, -0.2) is 0 Å². The lowest BCUT2D eigenvalue weighted by atomic mass is 9.41. The second kappa shape index (κ2) is 6.60. The zero-order valence-electron chi connectivity index (χ0n) is 22.4. The van der Waals surface area contributed by atoms with Gasteiger partial charge in [0.05, 0.1) is 23.9 Å². The van der Waals surface area contributed by atoms with Crippen molar-refractivity contribution in [2.45, 2.75) is 137 Å². The van der Waals surface area contributed by atoms with Crippen LogP contribution in [0.15, 0.2) is 0 Å². The van der Waals surface area contributed by atoms with Crippen LogP contribution in [0.25, 0.3) is 0 Å². The smallest absolute Gasteiger partial charge is 0.0987 e. The van der Waals surface area contributed by atoms with E-state index in [0.29, 0.717) is 34.7 Å². The van der Waals surface area contributed by atoms with Gasteiger partial charge < -0.3 is 14.9 Å². The third-order valence-electron chi connectivity index (χ3n) is 13.8. The number of aliphatic hydroxyl groups excluding tert-OH is 2. The number of epoxide rings is 1. The van der Waals surface area contributed by atoms with Gasteiger partial charge in [0.2, 0.25) is 0 Å². The number of fused-ring (bicyclic) bond motifs is 5. The Hall–Kier alpha value is -0.120. The van der Waals surface area contributed by atoms with Crippen molar-refractivity contribution in [3.8, 4) is 0 Å². The molecule has 33 heavy (non-hydrogen) atoms. The third-order valence-corrected chi connectivity index (χ3v) is 13.8. The SMILES string of the molecule is CC1(C)[C@H]2CC[C@@]3(C)C[C@]45O[C@@H]4C[C@H]4C(C)(C)[C@H](O)CC[C@]4(C)[C@@H]5CC[C@@H]3[C@@]2(C)CC[C@@H]1O. The normalized spacial score (nSPS) is 60.8. The van der Waals surface area contributed by atoms with Gasteiger partial charge in [-0.05, 0) is 115 Å². The van der Waals surface area contributed by atoms with Crippen LogP contribution in [0.3, 0.4) is 0 Å². The number of hydrogen-bond acceptors (Lipinski definition) is 3. The Kier molecular flexibility index (Phi) is 4.66. The highest BCUT2D eigenvalue weighted by atomic mass is 16.6. The molecule has 0 bridgehead atoms. The minimum Gasteiger partial charge on any atom is -0.393 e. The summed E-state index contributed by atoms with van der Waals surface area (Å²) in [6.07, 6.45) is 11.9.